The van der Waals surface area contributed by atoms with E-state index in [-0.39, 0.29) is 5.91 Å². The zero-order valence-electron chi connectivity index (χ0n) is 18.1. The molecule has 30 heavy (non-hydrogen) atoms. The lowest BCUT2D eigenvalue weighted by Gasteiger charge is -2.35. The summed E-state index contributed by atoms with van der Waals surface area (Å²) in [4.78, 5) is 17.7. The van der Waals surface area contributed by atoms with Crippen molar-refractivity contribution in [3.63, 3.8) is 0 Å². The van der Waals surface area contributed by atoms with Crippen molar-refractivity contribution in [1.82, 2.24) is 4.90 Å². The number of hydrogen-bond acceptors (Lipinski definition) is 5. The quantitative estimate of drug-likeness (QED) is 0.701. The summed E-state index contributed by atoms with van der Waals surface area (Å²) in [5.74, 6) is 0.639. The van der Waals surface area contributed by atoms with Crippen LogP contribution in [0, 0.1) is 6.92 Å². The van der Waals surface area contributed by atoms with Gasteiger partial charge in [-0.15, -0.1) is 0 Å². The number of amides is 1. The molecule has 2 aromatic rings. The molecule has 0 radical (unpaired) electrons. The topological polar surface area (TPSA) is 54.0 Å². The molecule has 7 heteroatoms. The number of nitrogens with zero attached hydrogens (tertiary/aromatic N) is 2. The number of methoxy groups -OCH3 is 1. The number of halogens is 1. The Morgan fingerprint density at radius 1 is 1.13 bits per heavy atom. The van der Waals surface area contributed by atoms with Crippen molar-refractivity contribution in [3.05, 3.63) is 46.5 Å². The first-order valence-electron chi connectivity index (χ1n) is 10.4. The molecule has 3 rings (SSSR count). The summed E-state index contributed by atoms with van der Waals surface area (Å²) >= 11 is 6.30. The van der Waals surface area contributed by atoms with Crippen LogP contribution in [0.4, 0.5) is 11.4 Å². The van der Waals surface area contributed by atoms with Gasteiger partial charge in [-0.05, 0) is 56.3 Å². The zero-order chi connectivity index (χ0) is 21.7. The standard InChI is InChI=1S/C23H30ClN3O3/c1-5-26-9-11-27(12-10-26)18-7-8-20(16(3)13-18)25-23(28)17-14-19(24)22(30-6-2)21(15-17)29-4/h7-8,13-15H,5-6,9-12H2,1-4H3,(H,25,28). The summed E-state index contributed by atoms with van der Waals surface area (Å²) < 4.78 is 10.9. The maximum absolute atomic E-state index is 12.8. The van der Waals surface area contributed by atoms with Crippen LogP contribution in [0.15, 0.2) is 30.3 Å². The zero-order valence-corrected chi connectivity index (χ0v) is 18.9. The third kappa shape index (κ3) is 4.99. The van der Waals surface area contributed by atoms with E-state index < -0.39 is 0 Å². The summed E-state index contributed by atoms with van der Waals surface area (Å²) in [7, 11) is 1.53. The summed E-state index contributed by atoms with van der Waals surface area (Å²) in [5.41, 5.74) is 3.40. The van der Waals surface area contributed by atoms with Crippen LogP contribution in [-0.4, -0.2) is 57.2 Å². The van der Waals surface area contributed by atoms with Crippen LogP contribution in [0.25, 0.3) is 0 Å². The highest BCUT2D eigenvalue weighted by Crippen LogP contribution is 2.36. The summed E-state index contributed by atoms with van der Waals surface area (Å²) in [6.07, 6.45) is 0. The Morgan fingerprint density at radius 3 is 2.47 bits per heavy atom. The molecule has 1 fully saturated rings. The van der Waals surface area contributed by atoms with E-state index in [9.17, 15) is 4.79 Å². The lowest BCUT2D eigenvalue weighted by molar-refractivity contribution is 0.102. The van der Waals surface area contributed by atoms with E-state index in [4.69, 9.17) is 21.1 Å². The normalized spacial score (nSPS) is 14.5. The Labute approximate surface area is 183 Å². The Morgan fingerprint density at radius 2 is 1.87 bits per heavy atom. The number of likely N-dealkylation sites (N-methyl/N-ethyl adjacent to an activating group) is 1. The molecule has 0 unspecified atom stereocenters. The number of ether oxygens (including phenoxy) is 2. The second-order valence-electron chi connectivity index (χ2n) is 7.30. The number of carbonyl (C=O) groups is 1. The van der Waals surface area contributed by atoms with Crippen LogP contribution in [-0.2, 0) is 0 Å². The van der Waals surface area contributed by atoms with Gasteiger partial charge in [0.1, 0.15) is 0 Å². The first kappa shape index (κ1) is 22.2. The average molecular weight is 432 g/mol. The van der Waals surface area contributed by atoms with Crippen LogP contribution in [0.2, 0.25) is 5.02 Å². The van der Waals surface area contributed by atoms with Crippen LogP contribution in [0.1, 0.15) is 29.8 Å². The Balaban J connectivity index is 1.73. The van der Waals surface area contributed by atoms with Gasteiger partial charge >= 0.3 is 0 Å². The van der Waals surface area contributed by atoms with Crippen molar-refractivity contribution in [2.45, 2.75) is 20.8 Å². The molecule has 1 N–H and O–H groups in total. The number of piperazine rings is 1. The monoisotopic (exact) mass is 431 g/mol. The van der Waals surface area contributed by atoms with E-state index in [1.807, 2.05) is 19.9 Å². The average Bonchev–Trinajstić information content (AvgIpc) is 2.76. The van der Waals surface area contributed by atoms with E-state index in [0.29, 0.717) is 28.7 Å². The molecule has 0 atom stereocenters. The maximum Gasteiger partial charge on any atom is 0.255 e. The number of nitrogens with one attached hydrogen (secondary N) is 1. The fourth-order valence-corrected chi connectivity index (χ4v) is 3.90. The molecule has 162 valence electrons. The van der Waals surface area contributed by atoms with E-state index >= 15 is 0 Å². The predicted molar refractivity (Wildman–Crippen MR) is 123 cm³/mol. The van der Waals surface area contributed by atoms with E-state index in [1.54, 1.807) is 12.1 Å². The molecule has 1 aliphatic rings. The minimum absolute atomic E-state index is 0.245. The van der Waals surface area contributed by atoms with Gasteiger partial charge in [-0.2, -0.15) is 0 Å². The predicted octanol–water partition coefficient (Wildman–Crippen LogP) is 4.45. The van der Waals surface area contributed by atoms with E-state index in [1.165, 1.54) is 12.8 Å². The molecule has 0 bridgehead atoms. The molecular weight excluding hydrogens is 402 g/mol. The van der Waals surface area contributed by atoms with Crippen LogP contribution in [0.3, 0.4) is 0 Å². The highest BCUT2D eigenvalue weighted by atomic mass is 35.5. The molecule has 1 aliphatic heterocycles. The lowest BCUT2D eigenvalue weighted by atomic mass is 10.1. The van der Waals surface area contributed by atoms with Gasteiger partial charge in [0.25, 0.3) is 5.91 Å². The van der Waals surface area contributed by atoms with Gasteiger partial charge in [0.15, 0.2) is 11.5 Å². The summed E-state index contributed by atoms with van der Waals surface area (Å²) in [5, 5.41) is 3.33. The van der Waals surface area contributed by atoms with Gasteiger partial charge in [0, 0.05) is 43.1 Å². The minimum atomic E-state index is -0.245. The van der Waals surface area contributed by atoms with Crippen molar-refractivity contribution in [1.29, 1.82) is 0 Å². The van der Waals surface area contributed by atoms with E-state index in [0.717, 1.165) is 44.0 Å². The number of anilines is 2. The van der Waals surface area contributed by atoms with Gasteiger partial charge in [0.2, 0.25) is 0 Å². The molecule has 1 saturated heterocycles. The van der Waals surface area contributed by atoms with Crippen molar-refractivity contribution in [2.24, 2.45) is 0 Å². The Hall–Kier alpha value is -2.44. The lowest BCUT2D eigenvalue weighted by Crippen LogP contribution is -2.46. The number of carbonyl (C=O) groups excluding carboxylic acids is 1. The van der Waals surface area contributed by atoms with Gasteiger partial charge in [-0.25, -0.2) is 0 Å². The SMILES string of the molecule is CCOc1c(Cl)cc(C(=O)Nc2ccc(N3CCN(CC)CC3)cc2C)cc1OC. The van der Waals surface area contributed by atoms with Crippen molar-refractivity contribution < 1.29 is 14.3 Å². The Kier molecular flexibility index (Phi) is 7.45. The maximum atomic E-state index is 12.8. The highest BCUT2D eigenvalue weighted by molar-refractivity contribution is 6.32. The molecular formula is C23H30ClN3O3. The Bertz CT molecular complexity index is 896. The summed E-state index contributed by atoms with van der Waals surface area (Å²) in [6.45, 7) is 11.8. The van der Waals surface area contributed by atoms with Crippen molar-refractivity contribution in [3.8, 4) is 11.5 Å². The van der Waals surface area contributed by atoms with Crippen molar-refractivity contribution in [2.75, 3.05) is 56.7 Å². The molecule has 0 saturated carbocycles. The first-order chi connectivity index (χ1) is 14.5. The van der Waals surface area contributed by atoms with Crippen molar-refractivity contribution >= 4 is 28.9 Å². The van der Waals surface area contributed by atoms with Gasteiger partial charge in [0.05, 0.1) is 18.7 Å². The van der Waals surface area contributed by atoms with Crippen LogP contribution in [0.5, 0.6) is 11.5 Å². The van der Waals surface area contributed by atoms with Gasteiger partial charge < -0.3 is 24.6 Å². The summed E-state index contributed by atoms with van der Waals surface area (Å²) in [6, 6.07) is 9.39. The number of hydrogen-bond donors (Lipinski definition) is 1. The molecule has 0 aliphatic carbocycles. The molecule has 1 amide bonds. The molecule has 6 nitrogen and oxygen atoms in total. The number of rotatable bonds is 7. The number of benzene rings is 2. The molecule has 0 aromatic heterocycles. The fourth-order valence-electron chi connectivity index (χ4n) is 3.64. The fraction of sp³-hybridized carbons (Fsp3) is 0.435. The molecule has 2 aromatic carbocycles. The largest absolute Gasteiger partial charge is 0.493 e. The van der Waals surface area contributed by atoms with E-state index in [2.05, 4.69) is 34.2 Å². The highest BCUT2D eigenvalue weighted by Gasteiger charge is 2.18. The number of aryl methyl sites for hydroxylation is 1. The van der Waals surface area contributed by atoms with Gasteiger partial charge in [-0.1, -0.05) is 18.5 Å². The molecule has 1 heterocycles. The third-order valence-electron chi connectivity index (χ3n) is 5.42. The van der Waals surface area contributed by atoms with Crippen LogP contribution < -0.4 is 19.7 Å². The second-order valence-corrected chi connectivity index (χ2v) is 7.70. The smallest absolute Gasteiger partial charge is 0.255 e. The first-order valence-corrected chi connectivity index (χ1v) is 10.7. The minimum Gasteiger partial charge on any atom is -0.493 e. The second kappa shape index (κ2) is 10.0. The third-order valence-corrected chi connectivity index (χ3v) is 5.70. The van der Waals surface area contributed by atoms with Crippen LogP contribution >= 0.6 is 11.6 Å². The van der Waals surface area contributed by atoms with Gasteiger partial charge in [-0.3, -0.25) is 4.79 Å². The molecule has 0 spiro atoms.